The Hall–Kier alpha value is -2.52. The average molecular weight is 371 g/mol. The first-order valence-electron chi connectivity index (χ1n) is 9.28. The highest BCUT2D eigenvalue weighted by Crippen LogP contribution is 2.27. The number of hydrogen-bond donors (Lipinski definition) is 1. The number of nitrogen functional groups attached to an aromatic ring is 1. The molecular weight excluding hydrogens is 346 g/mol. The number of anilines is 3. The van der Waals surface area contributed by atoms with Gasteiger partial charge in [0.25, 0.3) is 0 Å². The lowest BCUT2D eigenvalue weighted by Crippen LogP contribution is -2.46. The van der Waals surface area contributed by atoms with E-state index in [9.17, 15) is 0 Å². The molecule has 0 saturated carbocycles. The molecule has 2 aliphatic rings. The van der Waals surface area contributed by atoms with Crippen LogP contribution in [-0.2, 0) is 9.47 Å². The molecule has 0 radical (unpaired) electrons. The zero-order valence-corrected chi connectivity index (χ0v) is 15.7. The molecule has 0 unspecified atom stereocenters. The number of morpholine rings is 2. The summed E-state index contributed by atoms with van der Waals surface area (Å²) in [5.41, 5.74) is 7.23. The van der Waals surface area contributed by atoms with Crippen molar-refractivity contribution in [2.24, 2.45) is 0 Å². The Morgan fingerprint density at radius 1 is 1.00 bits per heavy atom. The minimum Gasteiger partial charge on any atom is -0.378 e. The van der Waals surface area contributed by atoms with Gasteiger partial charge in [-0.25, -0.2) is 15.0 Å². The summed E-state index contributed by atoms with van der Waals surface area (Å²) in [6.45, 7) is 8.67. The summed E-state index contributed by atoms with van der Waals surface area (Å²) < 4.78 is 11.3. The number of nitrogens with zero attached hydrogens (tertiary/aromatic N) is 6. The Morgan fingerprint density at radius 3 is 2.33 bits per heavy atom. The number of ether oxygens (including phenoxy) is 2. The minimum atomic E-state index is 0.152. The van der Waals surface area contributed by atoms with Gasteiger partial charge in [0.1, 0.15) is 5.82 Å². The zero-order chi connectivity index (χ0) is 18.8. The van der Waals surface area contributed by atoms with Crippen LogP contribution in [-0.4, -0.2) is 71.5 Å². The van der Waals surface area contributed by atoms with Gasteiger partial charge in [0.15, 0.2) is 0 Å². The normalized spacial score (nSPS) is 23.5. The molecule has 0 spiro atoms. The summed E-state index contributed by atoms with van der Waals surface area (Å²) in [4.78, 5) is 22.2. The molecule has 4 rings (SSSR count). The van der Waals surface area contributed by atoms with Crippen LogP contribution in [0.5, 0.6) is 0 Å². The fourth-order valence-electron chi connectivity index (χ4n) is 3.47. The predicted octanol–water partition coefficient (Wildman–Crippen LogP) is 0.966. The van der Waals surface area contributed by atoms with Crippen LogP contribution >= 0.6 is 0 Å². The topological polar surface area (TPSA) is 103 Å². The van der Waals surface area contributed by atoms with Crippen LogP contribution in [0.1, 0.15) is 13.8 Å². The van der Waals surface area contributed by atoms with Crippen molar-refractivity contribution in [2.45, 2.75) is 26.1 Å². The van der Waals surface area contributed by atoms with Crippen molar-refractivity contribution in [3.05, 3.63) is 18.5 Å². The summed E-state index contributed by atoms with van der Waals surface area (Å²) in [5.74, 6) is 1.84. The molecule has 144 valence electrons. The highest BCUT2D eigenvalue weighted by atomic mass is 16.5. The molecule has 2 atom stereocenters. The lowest BCUT2D eigenvalue weighted by atomic mass is 10.2. The fourth-order valence-corrected chi connectivity index (χ4v) is 3.47. The largest absolute Gasteiger partial charge is 0.378 e. The molecule has 0 bridgehead atoms. The van der Waals surface area contributed by atoms with Crippen LogP contribution in [0, 0.1) is 0 Å². The second-order valence-corrected chi connectivity index (χ2v) is 7.00. The summed E-state index contributed by atoms with van der Waals surface area (Å²) in [5, 5.41) is 0. The van der Waals surface area contributed by atoms with Crippen LogP contribution in [0.25, 0.3) is 11.3 Å². The average Bonchev–Trinajstić information content (AvgIpc) is 2.68. The number of aromatic nitrogens is 4. The third-order valence-electron chi connectivity index (χ3n) is 4.71. The van der Waals surface area contributed by atoms with Gasteiger partial charge in [-0.15, -0.1) is 0 Å². The van der Waals surface area contributed by atoms with Gasteiger partial charge < -0.3 is 25.0 Å². The number of hydrogen-bond acceptors (Lipinski definition) is 9. The second kappa shape index (κ2) is 7.61. The zero-order valence-electron chi connectivity index (χ0n) is 15.7. The first-order chi connectivity index (χ1) is 13.1. The van der Waals surface area contributed by atoms with Crippen molar-refractivity contribution in [3.63, 3.8) is 0 Å². The first kappa shape index (κ1) is 17.9. The van der Waals surface area contributed by atoms with Gasteiger partial charge in [-0.2, -0.15) is 4.98 Å². The van der Waals surface area contributed by atoms with Crippen LogP contribution in [0.4, 0.5) is 17.7 Å². The van der Waals surface area contributed by atoms with E-state index in [-0.39, 0.29) is 18.2 Å². The van der Waals surface area contributed by atoms with Gasteiger partial charge in [0, 0.05) is 50.2 Å². The van der Waals surface area contributed by atoms with Gasteiger partial charge in [-0.3, -0.25) is 0 Å². The maximum absolute atomic E-state index is 5.87. The molecule has 2 fully saturated rings. The van der Waals surface area contributed by atoms with Gasteiger partial charge in [0.05, 0.1) is 31.1 Å². The summed E-state index contributed by atoms with van der Waals surface area (Å²) in [7, 11) is 0. The SMILES string of the molecule is C[C@@H]1CN(c2cc(-c3cnc(N)nc3)nc(N3CCOCC3)n2)C[C@H](C)O1. The van der Waals surface area contributed by atoms with Gasteiger partial charge >= 0.3 is 0 Å². The van der Waals surface area contributed by atoms with Crippen molar-refractivity contribution in [2.75, 3.05) is 54.9 Å². The Labute approximate surface area is 158 Å². The van der Waals surface area contributed by atoms with E-state index >= 15 is 0 Å². The molecule has 0 amide bonds. The molecule has 9 nitrogen and oxygen atoms in total. The van der Waals surface area contributed by atoms with E-state index in [2.05, 4.69) is 33.6 Å². The lowest BCUT2D eigenvalue weighted by Gasteiger charge is -2.36. The molecule has 2 N–H and O–H groups in total. The summed E-state index contributed by atoms with van der Waals surface area (Å²) >= 11 is 0. The van der Waals surface area contributed by atoms with E-state index in [0.717, 1.165) is 43.3 Å². The molecule has 2 saturated heterocycles. The molecule has 2 aliphatic heterocycles. The maximum Gasteiger partial charge on any atom is 0.228 e. The van der Waals surface area contributed by atoms with E-state index in [1.807, 2.05) is 6.07 Å². The van der Waals surface area contributed by atoms with Crippen molar-refractivity contribution in [1.29, 1.82) is 0 Å². The monoisotopic (exact) mass is 371 g/mol. The van der Waals surface area contributed by atoms with E-state index in [1.165, 1.54) is 0 Å². The van der Waals surface area contributed by atoms with Crippen molar-refractivity contribution in [1.82, 2.24) is 19.9 Å². The molecule has 2 aromatic heterocycles. The first-order valence-corrected chi connectivity index (χ1v) is 9.28. The third-order valence-corrected chi connectivity index (χ3v) is 4.71. The Kier molecular flexibility index (Phi) is 5.04. The van der Waals surface area contributed by atoms with E-state index in [4.69, 9.17) is 25.2 Å². The van der Waals surface area contributed by atoms with Crippen LogP contribution in [0.2, 0.25) is 0 Å². The summed E-state index contributed by atoms with van der Waals surface area (Å²) in [6.07, 6.45) is 3.70. The van der Waals surface area contributed by atoms with Crippen molar-refractivity contribution >= 4 is 17.7 Å². The van der Waals surface area contributed by atoms with Crippen molar-refractivity contribution in [3.8, 4) is 11.3 Å². The van der Waals surface area contributed by atoms with Crippen LogP contribution in [0.3, 0.4) is 0 Å². The third kappa shape index (κ3) is 4.09. The Morgan fingerprint density at radius 2 is 1.67 bits per heavy atom. The summed E-state index contributed by atoms with van der Waals surface area (Å²) in [6, 6.07) is 1.99. The van der Waals surface area contributed by atoms with Gasteiger partial charge in [-0.1, -0.05) is 0 Å². The van der Waals surface area contributed by atoms with E-state index in [1.54, 1.807) is 12.4 Å². The lowest BCUT2D eigenvalue weighted by molar-refractivity contribution is -0.00546. The molecule has 0 aromatic carbocycles. The van der Waals surface area contributed by atoms with Crippen LogP contribution < -0.4 is 15.5 Å². The highest BCUT2D eigenvalue weighted by Gasteiger charge is 2.25. The standard InChI is InChI=1S/C18H25N7O2/c1-12-10-25(11-13(2)27-12)16-7-15(14-8-20-17(19)21-9-14)22-18(23-16)24-3-5-26-6-4-24/h7-9,12-13H,3-6,10-11H2,1-2H3,(H2,19,20,21)/t12-,13+. The smallest absolute Gasteiger partial charge is 0.228 e. The second-order valence-electron chi connectivity index (χ2n) is 7.00. The fraction of sp³-hybridized carbons (Fsp3) is 0.556. The Bertz CT molecular complexity index is 770. The Balaban J connectivity index is 1.72. The molecule has 27 heavy (non-hydrogen) atoms. The molecule has 0 aliphatic carbocycles. The molecule has 4 heterocycles. The predicted molar refractivity (Wildman–Crippen MR) is 103 cm³/mol. The van der Waals surface area contributed by atoms with Crippen LogP contribution in [0.15, 0.2) is 18.5 Å². The van der Waals surface area contributed by atoms with Gasteiger partial charge in [0.2, 0.25) is 11.9 Å². The minimum absolute atomic E-state index is 0.152. The van der Waals surface area contributed by atoms with Crippen molar-refractivity contribution < 1.29 is 9.47 Å². The maximum atomic E-state index is 5.87. The number of nitrogens with two attached hydrogens (primary N) is 1. The van der Waals surface area contributed by atoms with E-state index < -0.39 is 0 Å². The highest BCUT2D eigenvalue weighted by molar-refractivity contribution is 5.64. The van der Waals surface area contributed by atoms with E-state index in [0.29, 0.717) is 19.2 Å². The number of rotatable bonds is 3. The molecule has 2 aromatic rings. The molecular formula is C18H25N7O2. The quantitative estimate of drug-likeness (QED) is 0.845. The van der Waals surface area contributed by atoms with Gasteiger partial charge in [-0.05, 0) is 13.8 Å². The molecule has 9 heteroatoms.